The lowest BCUT2D eigenvalue weighted by Gasteiger charge is -2.21. The Hall–Kier alpha value is -0.790. The minimum Gasteiger partial charge on any atom is -0.353 e. The minimum atomic E-state index is 0.0447. The third-order valence-corrected chi connectivity index (χ3v) is 2.89. The molecule has 0 aliphatic heterocycles. The highest BCUT2D eigenvalue weighted by atomic mass is 16.1. The van der Waals surface area contributed by atoms with Crippen molar-refractivity contribution in [2.45, 2.75) is 45.4 Å². The molecule has 2 heteroatoms. The van der Waals surface area contributed by atoms with Crippen LogP contribution in [0.4, 0.5) is 0 Å². The van der Waals surface area contributed by atoms with Crippen LogP contribution in [0.25, 0.3) is 0 Å². The van der Waals surface area contributed by atoms with Crippen LogP contribution >= 0.6 is 0 Å². The van der Waals surface area contributed by atoms with E-state index in [-0.39, 0.29) is 5.91 Å². The van der Waals surface area contributed by atoms with Crippen LogP contribution in [-0.4, -0.2) is 12.5 Å². The van der Waals surface area contributed by atoms with Gasteiger partial charge in [0, 0.05) is 6.54 Å². The Morgan fingerprint density at radius 2 is 2.07 bits per heavy atom. The molecule has 0 radical (unpaired) electrons. The largest absolute Gasteiger partial charge is 0.353 e. The van der Waals surface area contributed by atoms with E-state index in [1.807, 2.05) is 6.92 Å². The van der Waals surface area contributed by atoms with Crippen molar-refractivity contribution < 1.29 is 4.79 Å². The summed E-state index contributed by atoms with van der Waals surface area (Å²) in [5, 5.41) is 2.91. The van der Waals surface area contributed by atoms with Crippen molar-refractivity contribution in [2.75, 3.05) is 6.54 Å². The molecule has 14 heavy (non-hydrogen) atoms. The summed E-state index contributed by atoms with van der Waals surface area (Å²) in [5.74, 6) is 0.901. The lowest BCUT2D eigenvalue weighted by molar-refractivity contribution is -0.116. The van der Waals surface area contributed by atoms with Crippen molar-refractivity contribution in [2.24, 2.45) is 5.92 Å². The number of rotatable bonds is 4. The average Bonchev–Trinajstić information content (AvgIpc) is 2.20. The third-order valence-electron chi connectivity index (χ3n) is 2.89. The average molecular weight is 195 g/mol. The van der Waals surface area contributed by atoms with E-state index in [1.54, 1.807) is 12.2 Å². The second-order valence-corrected chi connectivity index (χ2v) is 4.08. The Morgan fingerprint density at radius 1 is 1.36 bits per heavy atom. The summed E-state index contributed by atoms with van der Waals surface area (Å²) in [6.45, 7) is 2.70. The van der Waals surface area contributed by atoms with E-state index in [4.69, 9.17) is 0 Å². The van der Waals surface area contributed by atoms with E-state index in [2.05, 4.69) is 5.32 Å². The van der Waals surface area contributed by atoms with Crippen molar-refractivity contribution in [3.05, 3.63) is 12.2 Å². The molecular weight excluding hydrogens is 174 g/mol. The van der Waals surface area contributed by atoms with Gasteiger partial charge in [-0.25, -0.2) is 0 Å². The monoisotopic (exact) mass is 195 g/mol. The Bertz CT molecular complexity index is 192. The van der Waals surface area contributed by atoms with Crippen LogP contribution in [0.3, 0.4) is 0 Å². The van der Waals surface area contributed by atoms with Gasteiger partial charge >= 0.3 is 0 Å². The van der Waals surface area contributed by atoms with Gasteiger partial charge in [0.2, 0.25) is 5.91 Å². The summed E-state index contributed by atoms with van der Waals surface area (Å²) in [7, 11) is 0. The number of hydrogen-bond acceptors (Lipinski definition) is 1. The first-order valence-corrected chi connectivity index (χ1v) is 5.73. The molecule has 80 valence electrons. The minimum absolute atomic E-state index is 0.0447. The molecule has 0 aromatic heterocycles. The summed E-state index contributed by atoms with van der Waals surface area (Å²) < 4.78 is 0. The van der Waals surface area contributed by atoms with Crippen LogP contribution in [0.1, 0.15) is 45.4 Å². The molecule has 1 N–H and O–H groups in total. The first-order valence-electron chi connectivity index (χ1n) is 5.73. The number of allylic oxidation sites excluding steroid dienone is 1. The van der Waals surface area contributed by atoms with Gasteiger partial charge in [-0.3, -0.25) is 4.79 Å². The van der Waals surface area contributed by atoms with Gasteiger partial charge in [0.05, 0.1) is 0 Å². The predicted octanol–water partition coefficient (Wildman–Crippen LogP) is 2.65. The molecule has 0 atom stereocenters. The molecule has 0 heterocycles. The number of nitrogens with one attached hydrogen (secondary N) is 1. The summed E-state index contributed by atoms with van der Waals surface area (Å²) >= 11 is 0. The summed E-state index contributed by atoms with van der Waals surface area (Å²) in [5.41, 5.74) is 0. The zero-order chi connectivity index (χ0) is 10.2. The molecule has 1 rings (SSSR count). The topological polar surface area (TPSA) is 29.1 Å². The highest BCUT2D eigenvalue weighted by molar-refractivity contribution is 5.87. The van der Waals surface area contributed by atoms with Gasteiger partial charge < -0.3 is 5.32 Å². The van der Waals surface area contributed by atoms with Crippen molar-refractivity contribution in [3.63, 3.8) is 0 Å². The zero-order valence-electron chi connectivity index (χ0n) is 9.09. The maximum absolute atomic E-state index is 11.1. The first kappa shape index (κ1) is 11.3. The molecule has 1 aliphatic carbocycles. The maximum Gasteiger partial charge on any atom is 0.243 e. The van der Waals surface area contributed by atoms with Crippen molar-refractivity contribution in [1.29, 1.82) is 0 Å². The fraction of sp³-hybridized carbons (Fsp3) is 0.750. The molecule has 1 aliphatic rings. The number of hydrogen-bond donors (Lipinski definition) is 1. The van der Waals surface area contributed by atoms with Crippen LogP contribution in [0.15, 0.2) is 12.2 Å². The molecule has 2 nitrogen and oxygen atoms in total. The van der Waals surface area contributed by atoms with Gasteiger partial charge in [0.1, 0.15) is 0 Å². The quantitative estimate of drug-likeness (QED) is 0.686. The van der Waals surface area contributed by atoms with E-state index in [1.165, 1.54) is 32.1 Å². The van der Waals surface area contributed by atoms with E-state index < -0.39 is 0 Å². The maximum atomic E-state index is 11.1. The molecule has 1 amide bonds. The number of carbonyl (C=O) groups excluding carboxylic acids is 1. The van der Waals surface area contributed by atoms with Crippen LogP contribution in [0.2, 0.25) is 0 Å². The van der Waals surface area contributed by atoms with Gasteiger partial charge in [0.15, 0.2) is 0 Å². The summed E-state index contributed by atoms with van der Waals surface area (Å²) in [4.78, 5) is 11.1. The highest BCUT2D eigenvalue weighted by Gasteiger charge is 2.12. The third kappa shape index (κ3) is 4.45. The highest BCUT2D eigenvalue weighted by Crippen LogP contribution is 2.25. The molecule has 0 aromatic carbocycles. The van der Waals surface area contributed by atoms with Gasteiger partial charge in [-0.05, 0) is 25.3 Å². The second-order valence-electron chi connectivity index (χ2n) is 4.08. The van der Waals surface area contributed by atoms with Gasteiger partial charge in [-0.15, -0.1) is 0 Å². The first-order chi connectivity index (χ1) is 6.83. The van der Waals surface area contributed by atoms with Gasteiger partial charge in [-0.1, -0.05) is 38.2 Å². The van der Waals surface area contributed by atoms with Crippen molar-refractivity contribution >= 4 is 5.91 Å². The van der Waals surface area contributed by atoms with Crippen LogP contribution in [-0.2, 0) is 4.79 Å². The molecule has 0 aromatic rings. The van der Waals surface area contributed by atoms with E-state index in [9.17, 15) is 4.79 Å². The fourth-order valence-corrected chi connectivity index (χ4v) is 2.09. The van der Waals surface area contributed by atoms with Crippen LogP contribution in [0.5, 0.6) is 0 Å². The molecule has 0 saturated heterocycles. The van der Waals surface area contributed by atoms with E-state index >= 15 is 0 Å². The van der Waals surface area contributed by atoms with Gasteiger partial charge in [0.25, 0.3) is 0 Å². The Labute approximate surface area is 86.8 Å². The number of carbonyl (C=O) groups is 1. The molecule has 1 fully saturated rings. The zero-order valence-corrected chi connectivity index (χ0v) is 9.09. The molecule has 1 saturated carbocycles. The Kier molecular flexibility index (Phi) is 5.35. The fourth-order valence-electron chi connectivity index (χ4n) is 2.09. The molecule has 0 bridgehead atoms. The summed E-state index contributed by atoms with van der Waals surface area (Å²) in [6, 6.07) is 0. The lowest BCUT2D eigenvalue weighted by Crippen LogP contribution is -2.24. The lowest BCUT2D eigenvalue weighted by atomic mass is 9.87. The molecule has 0 spiro atoms. The van der Waals surface area contributed by atoms with Crippen LogP contribution in [0, 0.1) is 5.92 Å². The Morgan fingerprint density at radius 3 is 2.71 bits per heavy atom. The van der Waals surface area contributed by atoms with Crippen molar-refractivity contribution in [1.82, 2.24) is 5.32 Å². The SMILES string of the molecule is CC=CC(=O)NCCC1CCCCC1. The standard InChI is InChI=1S/C12H21NO/c1-2-6-12(14)13-10-9-11-7-4-3-5-8-11/h2,6,11H,3-5,7-10H2,1H3,(H,13,14). The molecule has 0 unspecified atom stereocenters. The summed E-state index contributed by atoms with van der Waals surface area (Å²) in [6.07, 6.45) is 11.4. The number of amides is 1. The van der Waals surface area contributed by atoms with E-state index in [0.717, 1.165) is 18.9 Å². The molecular formula is C12H21NO. The van der Waals surface area contributed by atoms with E-state index in [0.29, 0.717) is 0 Å². The van der Waals surface area contributed by atoms with Gasteiger partial charge in [-0.2, -0.15) is 0 Å². The Balaban J connectivity index is 2.05. The predicted molar refractivity (Wildman–Crippen MR) is 59.0 cm³/mol. The smallest absolute Gasteiger partial charge is 0.243 e. The normalized spacial score (nSPS) is 18.6. The van der Waals surface area contributed by atoms with Crippen LogP contribution < -0.4 is 5.32 Å². The second kappa shape index (κ2) is 6.63. The van der Waals surface area contributed by atoms with Crippen molar-refractivity contribution in [3.8, 4) is 0 Å².